The number of hydrogen-bond donors (Lipinski definition) is 1. The van der Waals surface area contributed by atoms with Crippen LogP contribution in [-0.4, -0.2) is 23.1 Å². The number of carbonyl (C=O) groups excluding carboxylic acids is 2. The number of esters is 1. The predicted octanol–water partition coefficient (Wildman–Crippen LogP) is 4.08. The highest BCUT2D eigenvalue weighted by Gasteiger charge is 2.27. The van der Waals surface area contributed by atoms with Crippen molar-refractivity contribution in [1.29, 1.82) is 5.26 Å². The molecule has 160 valence electrons. The molecule has 1 aromatic carbocycles. The van der Waals surface area contributed by atoms with Crippen molar-refractivity contribution < 1.29 is 14.3 Å². The van der Waals surface area contributed by atoms with Crippen molar-refractivity contribution in [2.45, 2.75) is 58.0 Å². The van der Waals surface area contributed by atoms with Crippen molar-refractivity contribution in [2.75, 3.05) is 6.61 Å². The Morgan fingerprint density at radius 3 is 2.77 bits per heavy atom. The summed E-state index contributed by atoms with van der Waals surface area (Å²) >= 11 is 0. The Hall–Kier alpha value is -3.33. The summed E-state index contributed by atoms with van der Waals surface area (Å²) in [5.74, 6) is -1.14. The molecule has 2 aliphatic carbocycles. The topological polar surface area (TPSA) is 84.1 Å². The van der Waals surface area contributed by atoms with E-state index in [2.05, 4.69) is 16.0 Å². The van der Waals surface area contributed by atoms with Gasteiger partial charge in [0, 0.05) is 17.4 Å². The fourth-order valence-corrected chi connectivity index (χ4v) is 4.48. The van der Waals surface area contributed by atoms with Gasteiger partial charge in [0.05, 0.1) is 6.04 Å². The fourth-order valence-electron chi connectivity index (χ4n) is 4.48. The highest BCUT2D eigenvalue weighted by molar-refractivity contribution is 5.99. The first kappa shape index (κ1) is 20.9. The number of ether oxygens (including phenoxy) is 1. The Morgan fingerprint density at radius 2 is 2.03 bits per heavy atom. The average Bonchev–Trinajstić information content (AvgIpc) is 3.56. The van der Waals surface area contributed by atoms with E-state index in [-0.39, 0.29) is 17.5 Å². The zero-order chi connectivity index (χ0) is 22.0. The molecule has 0 radical (unpaired) electrons. The molecule has 2 aliphatic rings. The van der Waals surface area contributed by atoms with Crippen LogP contribution in [0.1, 0.15) is 65.8 Å². The lowest BCUT2D eigenvalue weighted by Gasteiger charge is -2.26. The van der Waals surface area contributed by atoms with Gasteiger partial charge in [0.1, 0.15) is 11.6 Å². The van der Waals surface area contributed by atoms with Crippen molar-refractivity contribution in [1.82, 2.24) is 9.88 Å². The molecule has 1 aromatic heterocycles. The molecule has 1 fully saturated rings. The lowest BCUT2D eigenvalue weighted by Crippen LogP contribution is -2.34. The molecule has 6 nitrogen and oxygen atoms in total. The minimum Gasteiger partial charge on any atom is -0.451 e. The van der Waals surface area contributed by atoms with Crippen LogP contribution in [0.4, 0.5) is 0 Å². The van der Waals surface area contributed by atoms with Crippen LogP contribution in [0.5, 0.6) is 0 Å². The Labute approximate surface area is 182 Å². The number of fused-ring (bicyclic) bond motifs is 1. The largest absolute Gasteiger partial charge is 0.451 e. The number of amides is 1. The van der Waals surface area contributed by atoms with Crippen LogP contribution in [0.15, 0.2) is 35.9 Å². The van der Waals surface area contributed by atoms with Gasteiger partial charge < -0.3 is 14.6 Å². The molecule has 0 spiro atoms. The minimum absolute atomic E-state index is 0.0741. The van der Waals surface area contributed by atoms with Crippen molar-refractivity contribution in [3.8, 4) is 6.07 Å². The van der Waals surface area contributed by atoms with Crippen molar-refractivity contribution in [3.63, 3.8) is 0 Å². The smallest absolute Gasteiger partial charge is 0.349 e. The van der Waals surface area contributed by atoms with E-state index >= 15 is 0 Å². The highest BCUT2D eigenvalue weighted by atomic mass is 16.5. The second kappa shape index (κ2) is 8.81. The van der Waals surface area contributed by atoms with Gasteiger partial charge in [0.15, 0.2) is 6.61 Å². The van der Waals surface area contributed by atoms with Gasteiger partial charge >= 0.3 is 5.97 Å². The number of rotatable bonds is 6. The van der Waals surface area contributed by atoms with Crippen LogP contribution in [-0.2, 0) is 20.7 Å². The molecule has 1 N–H and O–H groups in total. The Kier molecular flexibility index (Phi) is 5.94. The maximum absolute atomic E-state index is 12.4. The predicted molar refractivity (Wildman–Crippen MR) is 117 cm³/mol. The van der Waals surface area contributed by atoms with Crippen molar-refractivity contribution in [2.24, 2.45) is 0 Å². The molecule has 1 amide bonds. The van der Waals surface area contributed by atoms with Crippen LogP contribution in [0.2, 0.25) is 0 Å². The number of nitriles is 1. The normalized spacial score (nSPS) is 18.1. The van der Waals surface area contributed by atoms with E-state index in [1.807, 2.05) is 44.2 Å². The Bertz CT molecular complexity index is 1090. The Balaban J connectivity index is 1.38. The van der Waals surface area contributed by atoms with E-state index in [0.717, 1.165) is 54.6 Å². The summed E-state index contributed by atoms with van der Waals surface area (Å²) in [5, 5.41) is 12.4. The molecule has 1 atom stereocenters. The SMILES string of the molecule is Cc1cc(/C=C(\C#N)C(=O)OCC(=O)N[C@H]2CCCc3ccccc32)c(C)n1C1CC1. The lowest BCUT2D eigenvalue weighted by molar-refractivity contribution is -0.144. The van der Waals surface area contributed by atoms with Gasteiger partial charge in [-0.05, 0) is 74.8 Å². The summed E-state index contributed by atoms with van der Waals surface area (Å²) in [7, 11) is 0. The molecule has 1 saturated carbocycles. The molecule has 1 heterocycles. The molecule has 0 bridgehead atoms. The summed E-state index contributed by atoms with van der Waals surface area (Å²) in [5.41, 5.74) is 5.25. The van der Waals surface area contributed by atoms with Crippen molar-refractivity contribution in [3.05, 3.63) is 64.0 Å². The molecule has 31 heavy (non-hydrogen) atoms. The third kappa shape index (κ3) is 4.56. The fraction of sp³-hybridized carbons (Fsp3) is 0.400. The number of aryl methyl sites for hydroxylation is 2. The van der Waals surface area contributed by atoms with E-state index in [1.54, 1.807) is 6.08 Å². The quantitative estimate of drug-likeness (QED) is 0.436. The van der Waals surface area contributed by atoms with Gasteiger partial charge in [-0.25, -0.2) is 4.79 Å². The van der Waals surface area contributed by atoms with Crippen LogP contribution < -0.4 is 5.32 Å². The summed E-state index contributed by atoms with van der Waals surface area (Å²) in [6.07, 6.45) is 6.74. The maximum atomic E-state index is 12.4. The minimum atomic E-state index is -0.780. The first-order valence-corrected chi connectivity index (χ1v) is 10.8. The molecule has 0 saturated heterocycles. The monoisotopic (exact) mass is 417 g/mol. The lowest BCUT2D eigenvalue weighted by atomic mass is 9.88. The molecule has 0 unspecified atom stereocenters. The number of carbonyl (C=O) groups is 2. The number of hydrogen-bond acceptors (Lipinski definition) is 4. The second-order valence-electron chi connectivity index (χ2n) is 8.38. The van der Waals surface area contributed by atoms with Gasteiger partial charge in [0.2, 0.25) is 0 Å². The first-order valence-electron chi connectivity index (χ1n) is 10.8. The zero-order valence-corrected chi connectivity index (χ0v) is 18.0. The molecule has 2 aromatic rings. The molecule has 0 aliphatic heterocycles. The van der Waals surface area contributed by atoms with Gasteiger partial charge in [-0.15, -0.1) is 0 Å². The number of nitrogens with zero attached hydrogens (tertiary/aromatic N) is 2. The van der Waals surface area contributed by atoms with Crippen LogP contribution in [0, 0.1) is 25.2 Å². The standard InChI is InChI=1S/C25H27N3O3/c1-16-12-19(17(2)28(16)21-10-11-21)13-20(14-26)25(30)31-15-24(29)27-23-9-5-7-18-6-3-4-8-22(18)23/h3-4,6,8,12-13,21,23H,5,7,9-11,15H2,1-2H3,(H,27,29)/b20-13+/t23-/m0/s1. The van der Waals surface area contributed by atoms with E-state index in [9.17, 15) is 14.9 Å². The number of aromatic nitrogens is 1. The summed E-state index contributed by atoms with van der Waals surface area (Å²) < 4.78 is 7.40. The zero-order valence-electron chi connectivity index (χ0n) is 18.0. The Morgan fingerprint density at radius 1 is 1.26 bits per heavy atom. The third-order valence-corrected chi connectivity index (χ3v) is 6.11. The second-order valence-corrected chi connectivity index (χ2v) is 8.38. The van der Waals surface area contributed by atoms with E-state index in [1.165, 1.54) is 5.56 Å². The van der Waals surface area contributed by atoms with Gasteiger partial charge in [-0.2, -0.15) is 5.26 Å². The number of nitrogens with one attached hydrogen (secondary N) is 1. The molecule has 4 rings (SSSR count). The number of benzene rings is 1. The first-order chi connectivity index (χ1) is 15.0. The van der Waals surface area contributed by atoms with E-state index in [0.29, 0.717) is 6.04 Å². The molecular formula is C25H27N3O3. The molecule has 6 heteroatoms. The van der Waals surface area contributed by atoms with E-state index < -0.39 is 12.6 Å². The van der Waals surface area contributed by atoms with Gasteiger partial charge in [-0.1, -0.05) is 24.3 Å². The van der Waals surface area contributed by atoms with E-state index in [4.69, 9.17) is 4.74 Å². The average molecular weight is 418 g/mol. The molecular weight excluding hydrogens is 390 g/mol. The van der Waals surface area contributed by atoms with Crippen LogP contribution >= 0.6 is 0 Å². The maximum Gasteiger partial charge on any atom is 0.349 e. The highest BCUT2D eigenvalue weighted by Crippen LogP contribution is 2.38. The summed E-state index contributed by atoms with van der Waals surface area (Å²) in [6.45, 7) is 3.62. The summed E-state index contributed by atoms with van der Waals surface area (Å²) in [4.78, 5) is 24.8. The van der Waals surface area contributed by atoms with Crippen molar-refractivity contribution >= 4 is 18.0 Å². The van der Waals surface area contributed by atoms with Gasteiger partial charge in [0.25, 0.3) is 5.91 Å². The summed E-state index contributed by atoms with van der Waals surface area (Å²) in [6, 6.07) is 12.4. The van der Waals surface area contributed by atoms with Crippen LogP contribution in [0.25, 0.3) is 6.08 Å². The van der Waals surface area contributed by atoms with Crippen LogP contribution in [0.3, 0.4) is 0 Å². The van der Waals surface area contributed by atoms with Gasteiger partial charge in [-0.3, -0.25) is 4.79 Å². The third-order valence-electron chi connectivity index (χ3n) is 6.11.